The Morgan fingerprint density at radius 2 is 1.77 bits per heavy atom. The second kappa shape index (κ2) is 9.18. The van der Waals surface area contributed by atoms with E-state index in [0.29, 0.717) is 37.4 Å². The van der Waals surface area contributed by atoms with Crippen LogP contribution in [0.15, 0.2) is 40.6 Å². The Balaban J connectivity index is 1.43. The maximum atomic E-state index is 13.2. The molecule has 0 radical (unpaired) electrons. The third-order valence-corrected chi connectivity index (χ3v) is 9.07. The summed E-state index contributed by atoms with van der Waals surface area (Å²) in [5.41, 5.74) is 0. The zero-order valence-electron chi connectivity index (χ0n) is 17.8. The van der Waals surface area contributed by atoms with Crippen molar-refractivity contribution in [2.24, 2.45) is 5.92 Å². The monoisotopic (exact) mass is 464 g/mol. The average Bonchev–Trinajstić information content (AvgIpc) is 3.50. The van der Waals surface area contributed by atoms with E-state index in [1.807, 2.05) is 16.3 Å². The molecule has 1 unspecified atom stereocenters. The highest BCUT2D eigenvalue weighted by atomic mass is 32.2. The van der Waals surface area contributed by atoms with Crippen LogP contribution in [-0.2, 0) is 14.8 Å². The van der Waals surface area contributed by atoms with E-state index in [2.05, 4.69) is 6.07 Å². The molecule has 0 N–H and O–H groups in total. The predicted octanol–water partition coefficient (Wildman–Crippen LogP) is 3.53. The molecule has 1 aromatic heterocycles. The molecule has 1 aromatic carbocycles. The van der Waals surface area contributed by atoms with E-state index < -0.39 is 10.0 Å². The molecule has 3 heterocycles. The molecule has 2 fully saturated rings. The summed E-state index contributed by atoms with van der Waals surface area (Å²) in [6.07, 6.45) is 3.09. The molecule has 4 rings (SSSR count). The standard InChI is InChI=1S/C22H28N2O5S2/c1-28-19-8-7-17(15-20(19)29-2)31(26,27)23-12-9-16(10-13-23)22(25)24-11-3-5-18(24)21-6-4-14-30-21/h4,6-8,14-16,18H,3,5,9-13H2,1-2H3. The van der Waals surface area contributed by atoms with Crippen molar-refractivity contribution in [1.29, 1.82) is 0 Å². The Labute approximate surface area is 187 Å². The van der Waals surface area contributed by atoms with Gasteiger partial charge in [0.05, 0.1) is 25.2 Å². The molecule has 7 nitrogen and oxygen atoms in total. The molecular formula is C22H28N2O5S2. The van der Waals surface area contributed by atoms with Crippen molar-refractivity contribution in [2.45, 2.75) is 36.6 Å². The summed E-state index contributed by atoms with van der Waals surface area (Å²) in [4.78, 5) is 16.6. The minimum absolute atomic E-state index is 0.127. The minimum atomic E-state index is -3.66. The maximum absolute atomic E-state index is 13.2. The minimum Gasteiger partial charge on any atom is -0.493 e. The van der Waals surface area contributed by atoms with Gasteiger partial charge in [0.1, 0.15) is 0 Å². The van der Waals surface area contributed by atoms with Gasteiger partial charge in [-0.25, -0.2) is 8.42 Å². The van der Waals surface area contributed by atoms with Crippen molar-refractivity contribution >= 4 is 27.3 Å². The Morgan fingerprint density at radius 3 is 2.42 bits per heavy atom. The van der Waals surface area contributed by atoms with E-state index in [1.54, 1.807) is 17.4 Å². The van der Waals surface area contributed by atoms with Gasteiger partial charge in [0, 0.05) is 36.5 Å². The summed E-state index contributed by atoms with van der Waals surface area (Å²) in [5, 5.41) is 2.05. The molecule has 1 atom stereocenters. The van der Waals surface area contributed by atoms with Gasteiger partial charge in [-0.2, -0.15) is 4.31 Å². The fraction of sp³-hybridized carbons (Fsp3) is 0.500. The summed E-state index contributed by atoms with van der Waals surface area (Å²) in [5.74, 6) is 0.899. The number of hydrogen-bond donors (Lipinski definition) is 0. The number of sulfonamides is 1. The first-order valence-electron chi connectivity index (χ1n) is 10.5. The molecule has 2 aliphatic rings. The number of likely N-dealkylation sites (tertiary alicyclic amines) is 1. The third-order valence-electron chi connectivity index (χ3n) is 6.20. The Morgan fingerprint density at radius 1 is 1.03 bits per heavy atom. The first-order valence-corrected chi connectivity index (χ1v) is 12.8. The van der Waals surface area contributed by atoms with Crippen LogP contribution in [0.3, 0.4) is 0 Å². The molecule has 0 bridgehead atoms. The molecule has 0 spiro atoms. The average molecular weight is 465 g/mol. The number of benzene rings is 1. The molecule has 0 aliphatic carbocycles. The number of amides is 1. The van der Waals surface area contributed by atoms with Crippen molar-refractivity contribution in [3.8, 4) is 11.5 Å². The largest absolute Gasteiger partial charge is 0.493 e. The second-order valence-electron chi connectivity index (χ2n) is 7.90. The van der Waals surface area contributed by atoms with Crippen LogP contribution in [0.25, 0.3) is 0 Å². The molecule has 168 valence electrons. The molecule has 0 saturated carbocycles. The Bertz CT molecular complexity index is 1010. The van der Waals surface area contributed by atoms with E-state index in [1.165, 1.54) is 35.5 Å². The number of rotatable bonds is 6. The molecule has 2 aromatic rings. The third kappa shape index (κ3) is 4.31. The van der Waals surface area contributed by atoms with Crippen molar-refractivity contribution in [1.82, 2.24) is 9.21 Å². The topological polar surface area (TPSA) is 76.2 Å². The van der Waals surface area contributed by atoms with Gasteiger partial charge >= 0.3 is 0 Å². The fourth-order valence-electron chi connectivity index (χ4n) is 4.51. The van der Waals surface area contributed by atoms with Crippen LogP contribution in [0.5, 0.6) is 11.5 Å². The van der Waals surface area contributed by atoms with E-state index in [4.69, 9.17) is 9.47 Å². The number of hydrogen-bond acceptors (Lipinski definition) is 6. The lowest BCUT2D eigenvalue weighted by Crippen LogP contribution is -2.44. The smallest absolute Gasteiger partial charge is 0.243 e. The SMILES string of the molecule is COc1ccc(S(=O)(=O)N2CCC(C(=O)N3CCCC3c3cccs3)CC2)cc1OC. The van der Waals surface area contributed by atoms with E-state index in [0.717, 1.165) is 19.4 Å². The summed E-state index contributed by atoms with van der Waals surface area (Å²) < 4.78 is 38.2. The maximum Gasteiger partial charge on any atom is 0.243 e. The normalized spacial score (nSPS) is 20.7. The Kier molecular flexibility index (Phi) is 6.55. The van der Waals surface area contributed by atoms with Gasteiger partial charge in [0.2, 0.25) is 15.9 Å². The van der Waals surface area contributed by atoms with Gasteiger partial charge in [0.15, 0.2) is 11.5 Å². The first-order chi connectivity index (χ1) is 15.0. The van der Waals surface area contributed by atoms with E-state index in [-0.39, 0.29) is 22.8 Å². The molecule has 2 aliphatic heterocycles. The Hall–Kier alpha value is -2.10. The van der Waals surface area contributed by atoms with Gasteiger partial charge < -0.3 is 14.4 Å². The molecule has 2 saturated heterocycles. The molecular weight excluding hydrogens is 436 g/mol. The lowest BCUT2D eigenvalue weighted by molar-refractivity contribution is -0.137. The van der Waals surface area contributed by atoms with Crippen molar-refractivity contribution in [3.63, 3.8) is 0 Å². The second-order valence-corrected chi connectivity index (χ2v) is 10.8. The van der Waals surface area contributed by atoms with Crippen LogP contribution in [0.1, 0.15) is 36.6 Å². The fourth-order valence-corrected chi connectivity index (χ4v) is 6.87. The number of piperidine rings is 1. The van der Waals surface area contributed by atoms with Crippen molar-refractivity contribution in [3.05, 3.63) is 40.6 Å². The summed E-state index contributed by atoms with van der Waals surface area (Å²) >= 11 is 1.69. The number of carbonyl (C=O) groups is 1. The van der Waals surface area contributed by atoms with Crippen LogP contribution < -0.4 is 9.47 Å². The van der Waals surface area contributed by atoms with Crippen molar-refractivity contribution in [2.75, 3.05) is 33.9 Å². The van der Waals surface area contributed by atoms with Crippen LogP contribution in [0.4, 0.5) is 0 Å². The van der Waals surface area contributed by atoms with Gasteiger partial charge in [-0.15, -0.1) is 11.3 Å². The number of thiophene rings is 1. The number of ether oxygens (including phenoxy) is 2. The number of nitrogens with zero attached hydrogens (tertiary/aromatic N) is 2. The lowest BCUT2D eigenvalue weighted by atomic mass is 9.96. The van der Waals surface area contributed by atoms with Crippen LogP contribution >= 0.6 is 11.3 Å². The van der Waals surface area contributed by atoms with Crippen LogP contribution in [-0.4, -0.2) is 57.4 Å². The van der Waals surface area contributed by atoms with Gasteiger partial charge in [-0.1, -0.05) is 6.07 Å². The van der Waals surface area contributed by atoms with Gasteiger partial charge in [0.25, 0.3) is 0 Å². The highest BCUT2D eigenvalue weighted by Gasteiger charge is 2.38. The summed E-state index contributed by atoms with van der Waals surface area (Å²) in [7, 11) is -0.669. The summed E-state index contributed by atoms with van der Waals surface area (Å²) in [6.45, 7) is 1.46. The lowest BCUT2D eigenvalue weighted by Gasteiger charge is -2.34. The zero-order valence-corrected chi connectivity index (χ0v) is 19.5. The zero-order chi connectivity index (χ0) is 22.0. The van der Waals surface area contributed by atoms with Crippen LogP contribution in [0, 0.1) is 5.92 Å². The highest BCUT2D eigenvalue weighted by molar-refractivity contribution is 7.89. The molecule has 1 amide bonds. The quantitative estimate of drug-likeness (QED) is 0.654. The van der Waals surface area contributed by atoms with Crippen LogP contribution in [0.2, 0.25) is 0 Å². The number of methoxy groups -OCH3 is 2. The molecule has 31 heavy (non-hydrogen) atoms. The summed E-state index contributed by atoms with van der Waals surface area (Å²) in [6, 6.07) is 8.91. The van der Waals surface area contributed by atoms with E-state index in [9.17, 15) is 13.2 Å². The van der Waals surface area contributed by atoms with E-state index >= 15 is 0 Å². The van der Waals surface area contributed by atoms with Crippen molar-refractivity contribution < 1.29 is 22.7 Å². The highest BCUT2D eigenvalue weighted by Crippen LogP contribution is 2.37. The molecule has 9 heteroatoms. The van der Waals surface area contributed by atoms with Gasteiger partial charge in [-0.3, -0.25) is 4.79 Å². The number of carbonyl (C=O) groups excluding carboxylic acids is 1. The van der Waals surface area contributed by atoms with Gasteiger partial charge in [-0.05, 0) is 49.3 Å². The first kappa shape index (κ1) is 22.1. The predicted molar refractivity (Wildman–Crippen MR) is 119 cm³/mol.